The average molecular weight is 665 g/mol. The van der Waals surface area contributed by atoms with Crippen molar-refractivity contribution in [2.75, 3.05) is 23.9 Å². The molecule has 6 aromatic rings. The van der Waals surface area contributed by atoms with Crippen LogP contribution in [0.15, 0.2) is 133 Å². The largest absolute Gasteiger partial charge is 0.478 e. The summed E-state index contributed by atoms with van der Waals surface area (Å²) < 4.78 is 1.89. The number of rotatable bonds is 13. The Bertz CT molecular complexity index is 1950. The highest BCUT2D eigenvalue weighted by atomic mass is 16.4. The van der Waals surface area contributed by atoms with Crippen LogP contribution in [0.3, 0.4) is 0 Å². The lowest BCUT2D eigenvalue weighted by atomic mass is 9.77. The summed E-state index contributed by atoms with van der Waals surface area (Å²) in [6.45, 7) is 2.31. The second-order valence-corrected chi connectivity index (χ2v) is 12.4. The molecular formula is C41H40N6O3. The van der Waals surface area contributed by atoms with E-state index in [0.717, 1.165) is 46.3 Å². The quantitative estimate of drug-likeness (QED) is 0.126. The maximum atomic E-state index is 13.7. The van der Waals surface area contributed by atoms with Gasteiger partial charge >= 0.3 is 5.97 Å². The molecule has 252 valence electrons. The van der Waals surface area contributed by atoms with Crippen molar-refractivity contribution in [1.82, 2.24) is 20.2 Å². The number of anilines is 2. The zero-order valence-corrected chi connectivity index (χ0v) is 28.5. The van der Waals surface area contributed by atoms with Crippen LogP contribution < -0.4 is 9.80 Å². The van der Waals surface area contributed by atoms with E-state index >= 15 is 0 Å². The van der Waals surface area contributed by atoms with E-state index in [9.17, 15) is 14.7 Å². The molecule has 0 radical (unpaired) electrons. The van der Waals surface area contributed by atoms with Gasteiger partial charge in [-0.1, -0.05) is 129 Å². The normalized spacial score (nSPS) is 11.3. The molecule has 50 heavy (non-hydrogen) atoms. The highest BCUT2D eigenvalue weighted by Gasteiger charge is 2.41. The SMILES string of the molecule is CCCCC(=O)N(Cc1ccc(-c2nnnn2C(c2ccccc2)(c2ccccc2)c2ccccc2)cc1)c1cc(C(=O)O)ccc1N(C)C. The Morgan fingerprint density at radius 2 is 1.30 bits per heavy atom. The molecule has 0 bridgehead atoms. The number of carboxylic acid groups (broad SMARTS) is 1. The minimum absolute atomic E-state index is 0.0659. The van der Waals surface area contributed by atoms with Crippen molar-refractivity contribution >= 4 is 23.3 Å². The van der Waals surface area contributed by atoms with Gasteiger partial charge < -0.3 is 14.9 Å². The van der Waals surface area contributed by atoms with E-state index in [-0.39, 0.29) is 18.0 Å². The molecule has 9 heteroatoms. The molecule has 0 spiro atoms. The van der Waals surface area contributed by atoms with Crippen LogP contribution in [0.2, 0.25) is 0 Å². The first kappa shape index (κ1) is 33.8. The molecule has 0 aliphatic heterocycles. The first-order chi connectivity index (χ1) is 24.3. The topological polar surface area (TPSA) is 104 Å². The van der Waals surface area contributed by atoms with E-state index in [2.05, 4.69) is 51.9 Å². The third-order valence-corrected chi connectivity index (χ3v) is 8.95. The summed E-state index contributed by atoms with van der Waals surface area (Å²) in [6.07, 6.45) is 1.96. The highest BCUT2D eigenvalue weighted by Crippen LogP contribution is 2.42. The zero-order chi connectivity index (χ0) is 35.1. The van der Waals surface area contributed by atoms with E-state index in [4.69, 9.17) is 0 Å². The molecule has 0 saturated carbocycles. The lowest BCUT2D eigenvalue weighted by Gasteiger charge is -2.36. The highest BCUT2D eigenvalue weighted by molar-refractivity contribution is 5.99. The fourth-order valence-corrected chi connectivity index (χ4v) is 6.46. The van der Waals surface area contributed by atoms with Gasteiger partial charge in [0.05, 0.1) is 23.5 Å². The fraction of sp³-hybridized carbons (Fsp3) is 0.195. The molecule has 1 amide bonds. The van der Waals surface area contributed by atoms with Gasteiger partial charge in [-0.2, -0.15) is 0 Å². The molecule has 1 heterocycles. The molecule has 1 N–H and O–H groups in total. The van der Waals surface area contributed by atoms with E-state index in [0.29, 0.717) is 17.9 Å². The van der Waals surface area contributed by atoms with E-state index in [1.165, 1.54) is 0 Å². The number of tetrazole rings is 1. The van der Waals surface area contributed by atoms with Gasteiger partial charge in [0.1, 0.15) is 5.54 Å². The number of unbranched alkanes of at least 4 members (excludes halogenated alkanes) is 1. The Balaban J connectivity index is 1.44. The predicted molar refractivity (Wildman–Crippen MR) is 196 cm³/mol. The number of benzene rings is 5. The Labute approximate surface area is 292 Å². The number of hydrogen-bond donors (Lipinski definition) is 1. The Morgan fingerprint density at radius 1 is 0.740 bits per heavy atom. The summed E-state index contributed by atoms with van der Waals surface area (Å²) in [5.41, 5.74) is 5.25. The minimum Gasteiger partial charge on any atom is -0.478 e. The van der Waals surface area contributed by atoms with Crippen LogP contribution in [0.1, 0.15) is 58.8 Å². The Hall–Kier alpha value is -6.09. The lowest BCUT2D eigenvalue weighted by Crippen LogP contribution is -2.39. The van der Waals surface area contributed by atoms with E-state index < -0.39 is 11.5 Å². The minimum atomic E-state index is -1.04. The molecular weight excluding hydrogens is 624 g/mol. The summed E-state index contributed by atoms with van der Waals surface area (Å²) in [4.78, 5) is 29.2. The van der Waals surface area contributed by atoms with Crippen molar-refractivity contribution in [3.05, 3.63) is 161 Å². The molecule has 0 aliphatic carbocycles. The van der Waals surface area contributed by atoms with Crippen LogP contribution >= 0.6 is 0 Å². The van der Waals surface area contributed by atoms with Crippen LogP contribution in [-0.2, 0) is 16.9 Å². The number of amides is 1. The van der Waals surface area contributed by atoms with Gasteiger partial charge in [0, 0.05) is 26.1 Å². The van der Waals surface area contributed by atoms with Gasteiger partial charge in [-0.3, -0.25) is 4.79 Å². The van der Waals surface area contributed by atoms with Gasteiger partial charge in [-0.25, -0.2) is 9.48 Å². The molecule has 1 aromatic heterocycles. The van der Waals surface area contributed by atoms with Gasteiger partial charge in [-0.05, 0) is 57.3 Å². The maximum Gasteiger partial charge on any atom is 0.335 e. The molecule has 6 rings (SSSR count). The second-order valence-electron chi connectivity index (χ2n) is 12.4. The van der Waals surface area contributed by atoms with Crippen LogP contribution in [0.25, 0.3) is 11.4 Å². The van der Waals surface area contributed by atoms with Crippen LogP contribution in [0, 0.1) is 0 Å². The summed E-state index contributed by atoms with van der Waals surface area (Å²) in [5.74, 6) is -0.533. The van der Waals surface area contributed by atoms with Crippen molar-refractivity contribution in [2.45, 2.75) is 38.3 Å². The molecule has 5 aromatic carbocycles. The maximum absolute atomic E-state index is 13.7. The number of aromatic nitrogens is 4. The molecule has 0 saturated heterocycles. The van der Waals surface area contributed by atoms with Gasteiger partial charge in [-0.15, -0.1) is 5.10 Å². The number of nitrogens with zero attached hydrogens (tertiary/aromatic N) is 6. The van der Waals surface area contributed by atoms with Crippen LogP contribution in [-0.4, -0.2) is 51.3 Å². The average Bonchev–Trinajstić information content (AvgIpc) is 3.64. The molecule has 0 aliphatic rings. The molecule has 0 fully saturated rings. The van der Waals surface area contributed by atoms with Gasteiger partial charge in [0.15, 0.2) is 5.82 Å². The van der Waals surface area contributed by atoms with Crippen LogP contribution in [0.5, 0.6) is 0 Å². The van der Waals surface area contributed by atoms with Gasteiger partial charge in [0.2, 0.25) is 5.91 Å². The lowest BCUT2D eigenvalue weighted by molar-refractivity contribution is -0.118. The fourth-order valence-electron chi connectivity index (χ4n) is 6.46. The second kappa shape index (κ2) is 15.0. The summed E-state index contributed by atoms with van der Waals surface area (Å²) in [5, 5.41) is 23.2. The van der Waals surface area contributed by atoms with E-state index in [1.807, 2.05) is 109 Å². The van der Waals surface area contributed by atoms with Gasteiger partial charge in [0.25, 0.3) is 0 Å². The third-order valence-electron chi connectivity index (χ3n) is 8.95. The monoisotopic (exact) mass is 664 g/mol. The number of carboxylic acids is 1. The van der Waals surface area contributed by atoms with Crippen molar-refractivity contribution in [3.8, 4) is 11.4 Å². The third kappa shape index (κ3) is 6.62. The Kier molecular flexibility index (Phi) is 10.1. The first-order valence-corrected chi connectivity index (χ1v) is 16.7. The number of hydrogen-bond acceptors (Lipinski definition) is 6. The number of carbonyl (C=O) groups excluding carboxylic acids is 1. The number of aromatic carboxylic acids is 1. The van der Waals surface area contributed by atoms with Crippen molar-refractivity contribution in [1.29, 1.82) is 0 Å². The van der Waals surface area contributed by atoms with Crippen LogP contribution in [0.4, 0.5) is 11.4 Å². The van der Waals surface area contributed by atoms with Crippen molar-refractivity contribution in [3.63, 3.8) is 0 Å². The zero-order valence-electron chi connectivity index (χ0n) is 28.5. The summed E-state index contributed by atoms with van der Waals surface area (Å²) in [7, 11) is 3.76. The number of carbonyl (C=O) groups is 2. The molecule has 9 nitrogen and oxygen atoms in total. The molecule has 0 unspecified atom stereocenters. The summed E-state index contributed by atoms with van der Waals surface area (Å²) in [6, 6.07) is 43.5. The smallest absolute Gasteiger partial charge is 0.335 e. The van der Waals surface area contributed by atoms with Crippen molar-refractivity contribution < 1.29 is 14.7 Å². The van der Waals surface area contributed by atoms with Crippen molar-refractivity contribution in [2.24, 2.45) is 0 Å². The predicted octanol–water partition coefficient (Wildman–Crippen LogP) is 7.67. The summed E-state index contributed by atoms with van der Waals surface area (Å²) >= 11 is 0. The first-order valence-electron chi connectivity index (χ1n) is 16.7. The van der Waals surface area contributed by atoms with E-state index in [1.54, 1.807) is 23.1 Å². The molecule has 0 atom stereocenters. The Morgan fingerprint density at radius 3 is 1.80 bits per heavy atom. The standard InChI is InChI=1S/C41H40N6O3/c1-4-5-21-38(48)46(37-28-32(40(49)50)26-27-36(37)45(2)3)29-30-22-24-31(25-23-30)39-42-43-44-47(39)41(33-15-9-6-10-16-33,34-17-11-7-12-18-34)35-19-13-8-14-20-35/h6-20,22-28H,4-5,21,29H2,1-3H3,(H,49,50).